The van der Waals surface area contributed by atoms with E-state index in [1.807, 2.05) is 6.08 Å². The van der Waals surface area contributed by atoms with Gasteiger partial charge in [-0.2, -0.15) is 0 Å². The van der Waals surface area contributed by atoms with Gasteiger partial charge in [0.05, 0.1) is 12.1 Å². The van der Waals surface area contributed by atoms with Crippen molar-refractivity contribution in [3.05, 3.63) is 43.1 Å². The molecule has 0 N–H and O–H groups in total. The number of fused-ring (bicyclic) bond motifs is 1. The topological polar surface area (TPSA) is 14.2 Å². The van der Waals surface area contributed by atoms with Crippen molar-refractivity contribution in [3.8, 4) is 5.75 Å². The summed E-state index contributed by atoms with van der Waals surface area (Å²) in [6.07, 6.45) is 10.1. The molecule has 2 heteroatoms. The van der Waals surface area contributed by atoms with E-state index in [4.69, 9.17) is 4.74 Å². The molecule has 0 atom stereocenters. The van der Waals surface area contributed by atoms with Crippen molar-refractivity contribution < 1.29 is 4.74 Å². The number of benzene rings is 1. The third kappa shape index (κ3) is 3.66. The van der Waals surface area contributed by atoms with Crippen molar-refractivity contribution in [2.24, 2.45) is 0 Å². The van der Waals surface area contributed by atoms with E-state index in [1.54, 1.807) is 0 Å². The highest BCUT2D eigenvalue weighted by atomic mass is 16.5. The van der Waals surface area contributed by atoms with Crippen LogP contribution >= 0.6 is 0 Å². The Hall–Kier alpha value is -1.70. The quantitative estimate of drug-likeness (QED) is 0.453. The standard InChI is InChI=1S/C18H25NO/c1-3-5-6-7-8-13-19-14-12-16-17(19)10-9-11-18(16)20-15-4-2/h3,9-12,14H,1,4-8,13,15H2,2H3. The number of unbranched alkanes of at least 4 members (excludes halogenated alkanes) is 3. The molecule has 0 saturated heterocycles. The molecule has 0 aliphatic heterocycles. The molecule has 0 fully saturated rings. The third-order valence-corrected chi connectivity index (χ3v) is 3.54. The smallest absolute Gasteiger partial charge is 0.128 e. The van der Waals surface area contributed by atoms with E-state index in [0.717, 1.165) is 31.7 Å². The van der Waals surface area contributed by atoms with Crippen LogP contribution in [0.3, 0.4) is 0 Å². The van der Waals surface area contributed by atoms with E-state index in [0.29, 0.717) is 0 Å². The predicted molar refractivity (Wildman–Crippen MR) is 86.4 cm³/mol. The van der Waals surface area contributed by atoms with E-state index in [2.05, 4.69) is 48.5 Å². The predicted octanol–water partition coefficient (Wildman–Crippen LogP) is 5.18. The summed E-state index contributed by atoms with van der Waals surface area (Å²) >= 11 is 0. The zero-order chi connectivity index (χ0) is 14.2. The van der Waals surface area contributed by atoms with Crippen molar-refractivity contribution in [1.82, 2.24) is 4.57 Å². The summed E-state index contributed by atoms with van der Waals surface area (Å²) in [5.41, 5.74) is 1.28. The van der Waals surface area contributed by atoms with Crippen LogP contribution in [0.1, 0.15) is 39.0 Å². The van der Waals surface area contributed by atoms with E-state index in [9.17, 15) is 0 Å². The monoisotopic (exact) mass is 271 g/mol. The first-order valence-corrected chi connectivity index (χ1v) is 7.68. The molecular formula is C18H25NO. The van der Waals surface area contributed by atoms with E-state index in [-0.39, 0.29) is 0 Å². The SMILES string of the molecule is C=CCCCCCn1ccc2c(OCCC)cccc21. The van der Waals surface area contributed by atoms with E-state index in [1.165, 1.54) is 30.2 Å². The third-order valence-electron chi connectivity index (χ3n) is 3.54. The molecule has 20 heavy (non-hydrogen) atoms. The largest absolute Gasteiger partial charge is 0.493 e. The number of hydrogen-bond acceptors (Lipinski definition) is 1. The van der Waals surface area contributed by atoms with Crippen LogP contribution in [-0.4, -0.2) is 11.2 Å². The molecular weight excluding hydrogens is 246 g/mol. The molecule has 0 amide bonds. The normalized spacial score (nSPS) is 10.8. The number of hydrogen-bond donors (Lipinski definition) is 0. The second-order valence-corrected chi connectivity index (χ2v) is 5.18. The van der Waals surface area contributed by atoms with Crippen LogP contribution in [0.25, 0.3) is 10.9 Å². The van der Waals surface area contributed by atoms with Crippen LogP contribution in [0, 0.1) is 0 Å². The Labute approximate surface area is 122 Å². The highest BCUT2D eigenvalue weighted by Crippen LogP contribution is 2.27. The van der Waals surface area contributed by atoms with Crippen LogP contribution in [-0.2, 0) is 6.54 Å². The van der Waals surface area contributed by atoms with Gasteiger partial charge in [0.25, 0.3) is 0 Å². The van der Waals surface area contributed by atoms with Crippen LogP contribution in [0.2, 0.25) is 0 Å². The van der Waals surface area contributed by atoms with Gasteiger partial charge in [-0.15, -0.1) is 6.58 Å². The first-order valence-electron chi connectivity index (χ1n) is 7.68. The summed E-state index contributed by atoms with van der Waals surface area (Å²) in [7, 11) is 0. The van der Waals surface area contributed by atoms with Crippen LogP contribution in [0.4, 0.5) is 0 Å². The molecule has 0 spiro atoms. The Morgan fingerprint density at radius 3 is 2.90 bits per heavy atom. The molecule has 2 aromatic rings. The lowest BCUT2D eigenvalue weighted by molar-refractivity contribution is 0.321. The maximum Gasteiger partial charge on any atom is 0.128 e. The summed E-state index contributed by atoms with van der Waals surface area (Å²) in [5.74, 6) is 1.01. The molecule has 0 bridgehead atoms. The summed E-state index contributed by atoms with van der Waals surface area (Å²) in [6.45, 7) is 7.76. The summed E-state index contributed by atoms with van der Waals surface area (Å²) in [4.78, 5) is 0. The van der Waals surface area contributed by atoms with Crippen LogP contribution < -0.4 is 4.74 Å². The van der Waals surface area contributed by atoms with Crippen molar-refractivity contribution in [2.45, 2.75) is 45.6 Å². The van der Waals surface area contributed by atoms with E-state index >= 15 is 0 Å². The van der Waals surface area contributed by atoms with Gasteiger partial charge in [0.1, 0.15) is 5.75 Å². The van der Waals surface area contributed by atoms with Crippen LogP contribution in [0.15, 0.2) is 43.1 Å². The molecule has 0 radical (unpaired) electrons. The van der Waals surface area contributed by atoms with Gasteiger partial charge in [-0.3, -0.25) is 0 Å². The molecule has 108 valence electrons. The maximum absolute atomic E-state index is 5.81. The first kappa shape index (κ1) is 14.7. The second kappa shape index (κ2) is 7.78. The summed E-state index contributed by atoms with van der Waals surface area (Å²) < 4.78 is 8.15. The van der Waals surface area contributed by atoms with Crippen molar-refractivity contribution >= 4 is 10.9 Å². The zero-order valence-corrected chi connectivity index (χ0v) is 12.5. The number of rotatable bonds is 9. The van der Waals surface area contributed by atoms with Gasteiger partial charge in [-0.25, -0.2) is 0 Å². The Balaban J connectivity index is 2.02. The molecule has 1 heterocycles. The number of nitrogens with zero attached hydrogens (tertiary/aromatic N) is 1. The zero-order valence-electron chi connectivity index (χ0n) is 12.5. The number of aryl methyl sites for hydroxylation is 1. The van der Waals surface area contributed by atoms with Gasteiger partial charge in [-0.05, 0) is 43.9 Å². The first-order chi connectivity index (χ1) is 9.86. The fraction of sp³-hybridized carbons (Fsp3) is 0.444. The lowest BCUT2D eigenvalue weighted by Gasteiger charge is -2.08. The number of aromatic nitrogens is 1. The van der Waals surface area contributed by atoms with Crippen molar-refractivity contribution in [2.75, 3.05) is 6.61 Å². The Morgan fingerprint density at radius 1 is 1.20 bits per heavy atom. The molecule has 0 unspecified atom stereocenters. The van der Waals surface area contributed by atoms with Gasteiger partial charge in [0.15, 0.2) is 0 Å². The molecule has 0 aliphatic carbocycles. The highest BCUT2D eigenvalue weighted by molar-refractivity contribution is 5.86. The molecule has 2 nitrogen and oxygen atoms in total. The number of ether oxygens (including phenoxy) is 1. The van der Waals surface area contributed by atoms with Gasteiger partial charge in [-0.1, -0.05) is 25.5 Å². The summed E-state index contributed by atoms with van der Waals surface area (Å²) in [5, 5.41) is 1.23. The Kier molecular flexibility index (Phi) is 5.72. The minimum Gasteiger partial charge on any atom is -0.493 e. The van der Waals surface area contributed by atoms with Crippen LogP contribution in [0.5, 0.6) is 5.75 Å². The second-order valence-electron chi connectivity index (χ2n) is 5.18. The van der Waals surface area contributed by atoms with Gasteiger partial charge < -0.3 is 9.30 Å². The molecule has 0 aliphatic rings. The Morgan fingerprint density at radius 2 is 2.10 bits per heavy atom. The van der Waals surface area contributed by atoms with Gasteiger partial charge in [0, 0.05) is 18.1 Å². The van der Waals surface area contributed by atoms with Crippen molar-refractivity contribution in [1.29, 1.82) is 0 Å². The molecule has 2 rings (SSSR count). The maximum atomic E-state index is 5.81. The lowest BCUT2D eigenvalue weighted by Crippen LogP contribution is -1.97. The average molecular weight is 271 g/mol. The average Bonchev–Trinajstić information content (AvgIpc) is 2.89. The minimum absolute atomic E-state index is 0.784. The van der Waals surface area contributed by atoms with Gasteiger partial charge >= 0.3 is 0 Å². The fourth-order valence-corrected chi connectivity index (χ4v) is 2.48. The van der Waals surface area contributed by atoms with Gasteiger partial charge in [0.2, 0.25) is 0 Å². The molecule has 1 aromatic heterocycles. The van der Waals surface area contributed by atoms with Crippen molar-refractivity contribution in [3.63, 3.8) is 0 Å². The highest BCUT2D eigenvalue weighted by Gasteiger charge is 2.06. The Bertz CT molecular complexity index is 541. The molecule has 0 saturated carbocycles. The summed E-state index contributed by atoms with van der Waals surface area (Å²) in [6, 6.07) is 8.50. The lowest BCUT2D eigenvalue weighted by atomic mass is 10.2. The minimum atomic E-state index is 0.784. The fourth-order valence-electron chi connectivity index (χ4n) is 2.48. The molecule has 1 aromatic carbocycles. The van der Waals surface area contributed by atoms with E-state index < -0.39 is 0 Å². The number of allylic oxidation sites excluding steroid dienone is 1.